The molecule has 146 valence electrons. The molecule has 26 heavy (non-hydrogen) atoms. The maximum Gasteiger partial charge on any atom is 0.167 e. The third kappa shape index (κ3) is 6.70. The molecule has 0 bridgehead atoms. The summed E-state index contributed by atoms with van der Waals surface area (Å²) in [4.78, 5) is 23.3. The van der Waals surface area contributed by atoms with Crippen molar-refractivity contribution >= 4 is 12.1 Å². The van der Waals surface area contributed by atoms with Crippen molar-refractivity contribution in [1.29, 1.82) is 0 Å². The van der Waals surface area contributed by atoms with Crippen molar-refractivity contribution in [2.45, 2.75) is 72.1 Å². The number of unbranched alkanes of at least 4 members (excludes halogenated alkanes) is 6. The Morgan fingerprint density at radius 1 is 0.962 bits per heavy atom. The molecule has 1 N–H and O–H groups in total. The predicted molar refractivity (Wildman–Crippen MR) is 103 cm³/mol. The molecule has 0 saturated heterocycles. The lowest BCUT2D eigenvalue weighted by atomic mass is 10.0. The zero-order chi connectivity index (χ0) is 19.4. The molecule has 0 spiro atoms. The molecule has 0 aliphatic heterocycles. The van der Waals surface area contributed by atoms with E-state index in [4.69, 9.17) is 9.47 Å². The van der Waals surface area contributed by atoms with Crippen LogP contribution in [0.3, 0.4) is 0 Å². The lowest BCUT2D eigenvalue weighted by Gasteiger charge is -2.16. The van der Waals surface area contributed by atoms with Crippen molar-refractivity contribution in [3.05, 3.63) is 17.2 Å². The van der Waals surface area contributed by atoms with E-state index in [1.165, 1.54) is 6.92 Å². The third-order valence-electron chi connectivity index (χ3n) is 4.25. The summed E-state index contributed by atoms with van der Waals surface area (Å²) >= 11 is 0. The largest absolute Gasteiger partial charge is 0.506 e. The van der Waals surface area contributed by atoms with E-state index in [-0.39, 0.29) is 34.2 Å². The number of benzene rings is 1. The fraction of sp³-hybridized carbons (Fsp3) is 0.619. The Balaban J connectivity index is 2.94. The smallest absolute Gasteiger partial charge is 0.167 e. The molecule has 0 aliphatic rings. The minimum absolute atomic E-state index is 0.00373. The average Bonchev–Trinajstić information content (AvgIpc) is 2.61. The quantitative estimate of drug-likeness (QED) is 0.274. The number of hydrogen-bond acceptors (Lipinski definition) is 5. The normalized spacial score (nSPS) is 10.6. The summed E-state index contributed by atoms with van der Waals surface area (Å²) in [7, 11) is 0. The number of phenols is 1. The van der Waals surface area contributed by atoms with Crippen molar-refractivity contribution in [2.24, 2.45) is 0 Å². The molecular weight excluding hydrogens is 332 g/mol. The Morgan fingerprint density at radius 3 is 1.96 bits per heavy atom. The fourth-order valence-electron chi connectivity index (χ4n) is 2.75. The summed E-state index contributed by atoms with van der Waals surface area (Å²) in [5, 5.41) is 10.4. The highest BCUT2D eigenvalue weighted by molar-refractivity contribution is 6.03. The van der Waals surface area contributed by atoms with Crippen LogP contribution in [0.2, 0.25) is 0 Å². The van der Waals surface area contributed by atoms with Crippen LogP contribution in [-0.2, 0) is 0 Å². The van der Waals surface area contributed by atoms with Crippen molar-refractivity contribution in [1.82, 2.24) is 0 Å². The number of hydrogen-bond donors (Lipinski definition) is 1. The van der Waals surface area contributed by atoms with Crippen LogP contribution in [0.1, 0.15) is 92.9 Å². The van der Waals surface area contributed by atoms with Gasteiger partial charge in [-0.2, -0.15) is 0 Å². The Kier molecular flexibility index (Phi) is 10.4. The highest BCUT2D eigenvalue weighted by atomic mass is 16.5. The molecule has 1 rings (SSSR count). The second-order valence-corrected chi connectivity index (χ2v) is 6.50. The zero-order valence-electron chi connectivity index (χ0n) is 16.3. The number of ether oxygens (including phenoxy) is 2. The Morgan fingerprint density at radius 2 is 1.50 bits per heavy atom. The Bertz CT molecular complexity index is 580. The first kappa shape index (κ1) is 22.0. The van der Waals surface area contributed by atoms with Gasteiger partial charge in [0, 0.05) is 6.07 Å². The number of rotatable bonds is 14. The topological polar surface area (TPSA) is 72.8 Å². The molecular formula is C21H32O5. The second-order valence-electron chi connectivity index (χ2n) is 6.50. The van der Waals surface area contributed by atoms with Crippen LogP contribution in [0.25, 0.3) is 0 Å². The molecule has 5 heteroatoms. The molecule has 5 nitrogen and oxygen atoms in total. The van der Waals surface area contributed by atoms with Crippen LogP contribution < -0.4 is 9.47 Å². The number of carbonyl (C=O) groups is 2. The zero-order valence-corrected chi connectivity index (χ0v) is 16.3. The molecule has 0 amide bonds. The summed E-state index contributed by atoms with van der Waals surface area (Å²) in [5.74, 6) is -0.158. The van der Waals surface area contributed by atoms with Gasteiger partial charge in [0.15, 0.2) is 12.1 Å². The Hall–Kier alpha value is -2.04. The van der Waals surface area contributed by atoms with Gasteiger partial charge in [-0.25, -0.2) is 0 Å². The number of aldehydes is 1. The minimum Gasteiger partial charge on any atom is -0.506 e. The van der Waals surface area contributed by atoms with E-state index >= 15 is 0 Å². The lowest BCUT2D eigenvalue weighted by molar-refractivity contribution is 0.101. The number of Topliss-reactive ketones (excluding diaryl/α,β-unsaturated/α-hetero) is 1. The van der Waals surface area contributed by atoms with Crippen LogP contribution in [0.5, 0.6) is 17.2 Å². The van der Waals surface area contributed by atoms with Crippen LogP contribution in [0.4, 0.5) is 0 Å². The van der Waals surface area contributed by atoms with Gasteiger partial charge < -0.3 is 14.6 Å². The molecule has 0 heterocycles. The molecule has 0 saturated carbocycles. The minimum atomic E-state index is -0.359. The molecule has 0 fully saturated rings. The summed E-state index contributed by atoms with van der Waals surface area (Å²) in [6, 6.07) is 1.56. The Labute approximate surface area is 156 Å². The standard InChI is InChI=1S/C21H32O5/c1-4-6-8-10-12-25-18-14-19(26-13-11-9-7-5-2)20(16(3)23)21(24)17(18)15-22/h14-15,24H,4-13H2,1-3H3. The summed E-state index contributed by atoms with van der Waals surface area (Å²) in [6.07, 6.45) is 8.87. The molecule has 0 unspecified atom stereocenters. The predicted octanol–water partition coefficient (Wildman–Crippen LogP) is 5.33. The number of aromatic hydroxyl groups is 1. The molecule has 0 radical (unpaired) electrons. The maximum atomic E-state index is 11.9. The van der Waals surface area contributed by atoms with Gasteiger partial charge in [-0.3, -0.25) is 9.59 Å². The monoisotopic (exact) mass is 364 g/mol. The van der Waals surface area contributed by atoms with Gasteiger partial charge >= 0.3 is 0 Å². The lowest BCUT2D eigenvalue weighted by Crippen LogP contribution is -2.07. The highest BCUT2D eigenvalue weighted by Gasteiger charge is 2.22. The van der Waals surface area contributed by atoms with Gasteiger partial charge in [-0.05, 0) is 19.8 Å². The van der Waals surface area contributed by atoms with Crippen molar-refractivity contribution in [3.8, 4) is 17.2 Å². The van der Waals surface area contributed by atoms with Crippen LogP contribution in [0, 0.1) is 0 Å². The first-order valence-electron chi connectivity index (χ1n) is 9.68. The van der Waals surface area contributed by atoms with Crippen molar-refractivity contribution in [2.75, 3.05) is 13.2 Å². The SMILES string of the molecule is CCCCCCOc1cc(OCCCCCC)c(C(C)=O)c(O)c1C=O. The van der Waals surface area contributed by atoms with E-state index in [1.54, 1.807) is 6.07 Å². The van der Waals surface area contributed by atoms with E-state index < -0.39 is 0 Å². The molecule has 0 aromatic heterocycles. The number of ketones is 1. The van der Waals surface area contributed by atoms with Gasteiger partial charge in [0.2, 0.25) is 0 Å². The van der Waals surface area contributed by atoms with Crippen LogP contribution in [0.15, 0.2) is 6.07 Å². The van der Waals surface area contributed by atoms with Gasteiger partial charge in [0.05, 0.1) is 18.8 Å². The van der Waals surface area contributed by atoms with E-state index in [2.05, 4.69) is 13.8 Å². The van der Waals surface area contributed by atoms with E-state index in [1.807, 2.05) is 0 Å². The van der Waals surface area contributed by atoms with Gasteiger partial charge in [-0.1, -0.05) is 52.4 Å². The molecule has 1 aromatic rings. The van der Waals surface area contributed by atoms with Crippen molar-refractivity contribution in [3.63, 3.8) is 0 Å². The van der Waals surface area contributed by atoms with E-state index in [0.29, 0.717) is 19.5 Å². The third-order valence-corrected chi connectivity index (χ3v) is 4.25. The fourth-order valence-corrected chi connectivity index (χ4v) is 2.75. The van der Waals surface area contributed by atoms with Gasteiger partial charge in [0.1, 0.15) is 22.8 Å². The van der Waals surface area contributed by atoms with Gasteiger partial charge in [-0.15, -0.1) is 0 Å². The summed E-state index contributed by atoms with van der Waals surface area (Å²) in [5.41, 5.74) is 0.0462. The first-order chi connectivity index (χ1) is 12.6. The number of phenolic OH excluding ortho intramolecular Hbond substituents is 1. The molecule has 0 atom stereocenters. The summed E-state index contributed by atoms with van der Waals surface area (Å²) < 4.78 is 11.4. The average molecular weight is 364 g/mol. The summed E-state index contributed by atoms with van der Waals surface area (Å²) in [6.45, 7) is 6.52. The first-order valence-corrected chi connectivity index (χ1v) is 9.68. The van der Waals surface area contributed by atoms with E-state index in [9.17, 15) is 14.7 Å². The second kappa shape index (κ2) is 12.3. The molecule has 0 aliphatic carbocycles. The van der Waals surface area contributed by atoms with Crippen LogP contribution >= 0.6 is 0 Å². The molecule has 1 aromatic carbocycles. The van der Waals surface area contributed by atoms with Crippen molar-refractivity contribution < 1.29 is 24.2 Å². The maximum absolute atomic E-state index is 11.9. The van der Waals surface area contributed by atoms with Crippen LogP contribution in [-0.4, -0.2) is 30.4 Å². The van der Waals surface area contributed by atoms with E-state index in [0.717, 1.165) is 51.4 Å². The number of carbonyl (C=O) groups excluding carboxylic acids is 2. The van der Waals surface area contributed by atoms with Gasteiger partial charge in [0.25, 0.3) is 0 Å². The highest BCUT2D eigenvalue weighted by Crippen LogP contribution is 2.38.